The van der Waals surface area contributed by atoms with Gasteiger partial charge in [0.2, 0.25) is 0 Å². The van der Waals surface area contributed by atoms with Gasteiger partial charge in [-0.2, -0.15) is 0 Å². The quantitative estimate of drug-likeness (QED) is 0.452. The van der Waals surface area contributed by atoms with Crippen LogP contribution in [0.15, 0.2) is 22.8 Å². The van der Waals surface area contributed by atoms with Crippen LogP contribution in [0, 0.1) is 40.4 Å². The Morgan fingerprint density at radius 1 is 1.10 bits per heavy atom. The van der Waals surface area contributed by atoms with Crippen molar-refractivity contribution in [2.75, 3.05) is 0 Å². The minimum Gasteiger partial charge on any atom is -0.393 e. The Morgan fingerprint density at radius 3 is 2.57 bits per heavy atom. The first-order chi connectivity index (χ1) is 14.2. The monoisotopic (exact) mass is 412 g/mol. The molecule has 4 aliphatic carbocycles. The summed E-state index contributed by atoms with van der Waals surface area (Å²) < 4.78 is 0. The van der Waals surface area contributed by atoms with Crippen molar-refractivity contribution in [2.24, 2.45) is 40.4 Å². The molecule has 3 unspecified atom stereocenters. The van der Waals surface area contributed by atoms with Crippen molar-refractivity contribution in [1.82, 2.24) is 0 Å². The van der Waals surface area contributed by atoms with Gasteiger partial charge in [0.1, 0.15) is 0 Å². The number of rotatable bonds is 5. The van der Waals surface area contributed by atoms with Crippen molar-refractivity contribution in [3.63, 3.8) is 0 Å². The lowest BCUT2D eigenvalue weighted by atomic mass is 9.48. The molecule has 0 saturated heterocycles. The first kappa shape index (κ1) is 22.6. The van der Waals surface area contributed by atoms with Gasteiger partial charge in [-0.3, -0.25) is 0 Å². The maximum absolute atomic E-state index is 10.7. The minimum absolute atomic E-state index is 0.0541. The van der Waals surface area contributed by atoms with Gasteiger partial charge >= 0.3 is 0 Å². The first-order valence-electron chi connectivity index (χ1n) is 13.3. The van der Waals surface area contributed by atoms with Crippen LogP contribution in [0.25, 0.3) is 0 Å². The summed E-state index contributed by atoms with van der Waals surface area (Å²) >= 11 is 0. The molecule has 1 N–H and O–H groups in total. The van der Waals surface area contributed by atoms with Gasteiger partial charge in [0.25, 0.3) is 0 Å². The summed E-state index contributed by atoms with van der Waals surface area (Å²) in [4.78, 5) is 0. The summed E-state index contributed by atoms with van der Waals surface area (Å²) in [6.45, 7) is 14.6. The van der Waals surface area contributed by atoms with Crippen LogP contribution in [0.2, 0.25) is 0 Å². The molecule has 0 aromatic rings. The van der Waals surface area contributed by atoms with E-state index in [2.05, 4.69) is 47.6 Å². The van der Waals surface area contributed by atoms with Gasteiger partial charge in [-0.1, -0.05) is 56.9 Å². The van der Waals surface area contributed by atoms with Crippen molar-refractivity contribution in [2.45, 2.75) is 118 Å². The average molecular weight is 413 g/mol. The van der Waals surface area contributed by atoms with E-state index in [9.17, 15) is 5.11 Å². The highest BCUT2D eigenvalue weighted by molar-refractivity contribution is 5.34. The summed E-state index contributed by atoms with van der Waals surface area (Å²) in [6, 6.07) is 0. The summed E-state index contributed by atoms with van der Waals surface area (Å²) in [5, 5.41) is 10.7. The van der Waals surface area contributed by atoms with Gasteiger partial charge < -0.3 is 5.11 Å². The number of hydrogen-bond donors (Lipinski definition) is 1. The molecule has 0 amide bonds. The zero-order valence-electron chi connectivity index (χ0n) is 20.8. The summed E-state index contributed by atoms with van der Waals surface area (Å²) in [6.07, 6.45) is 16.7. The SMILES string of the molecule is CCC1C(O)CC[C@]2(C)C3=C(CCC12)[C@@H]1CC[C@H]([C@H](C)CCC=C(C)C)[C@@]1(C)CC3. The third-order valence-electron chi connectivity index (χ3n) is 10.7. The Bertz CT molecular complexity index is 697. The standard InChI is InChI=1S/C29H48O/c1-7-21-24-12-11-22-25-14-13-23(20(4)10-8-9-19(2)3)28(25,5)17-15-26(22)29(24,6)18-16-27(21)30/h9,20-21,23-25,27,30H,7-8,10-18H2,1-6H3/t20-,21?,23-,24?,25+,27?,28-,29+/m1/s1. The Kier molecular flexibility index (Phi) is 6.35. The predicted molar refractivity (Wildman–Crippen MR) is 128 cm³/mol. The van der Waals surface area contributed by atoms with Crippen LogP contribution in [0.1, 0.15) is 112 Å². The van der Waals surface area contributed by atoms with E-state index in [4.69, 9.17) is 0 Å². The fourth-order valence-corrected chi connectivity index (χ4v) is 9.07. The van der Waals surface area contributed by atoms with Crippen molar-refractivity contribution in [3.05, 3.63) is 22.8 Å². The summed E-state index contributed by atoms with van der Waals surface area (Å²) in [5.41, 5.74) is 6.17. The van der Waals surface area contributed by atoms with Crippen molar-refractivity contribution in [1.29, 1.82) is 0 Å². The molecule has 8 atom stereocenters. The lowest BCUT2D eigenvalue weighted by molar-refractivity contribution is -0.0429. The van der Waals surface area contributed by atoms with Crippen LogP contribution in [-0.2, 0) is 0 Å². The van der Waals surface area contributed by atoms with E-state index in [1.54, 1.807) is 0 Å². The molecule has 0 heterocycles. The molecule has 2 fully saturated rings. The zero-order chi connectivity index (χ0) is 21.7. The third-order valence-corrected chi connectivity index (χ3v) is 10.7. The number of aliphatic hydroxyl groups excluding tert-OH is 1. The Balaban J connectivity index is 1.57. The van der Waals surface area contributed by atoms with Crippen LogP contribution < -0.4 is 0 Å². The molecule has 0 spiro atoms. The summed E-state index contributed by atoms with van der Waals surface area (Å²) in [7, 11) is 0. The molecule has 30 heavy (non-hydrogen) atoms. The van der Waals surface area contributed by atoms with Gasteiger partial charge in [0, 0.05) is 0 Å². The van der Waals surface area contributed by atoms with E-state index in [1.807, 2.05) is 11.1 Å². The molecule has 4 rings (SSSR count). The lowest BCUT2D eigenvalue weighted by Gasteiger charge is -2.57. The van der Waals surface area contributed by atoms with E-state index in [-0.39, 0.29) is 6.10 Å². The van der Waals surface area contributed by atoms with E-state index < -0.39 is 0 Å². The van der Waals surface area contributed by atoms with E-state index >= 15 is 0 Å². The highest BCUT2D eigenvalue weighted by atomic mass is 16.3. The smallest absolute Gasteiger partial charge is 0.0571 e. The van der Waals surface area contributed by atoms with Crippen molar-refractivity contribution in [3.8, 4) is 0 Å². The fraction of sp³-hybridized carbons (Fsp3) is 0.862. The molecule has 1 nitrogen and oxygen atoms in total. The minimum atomic E-state index is -0.0541. The van der Waals surface area contributed by atoms with Crippen LogP contribution in [-0.4, -0.2) is 11.2 Å². The van der Waals surface area contributed by atoms with E-state index in [0.29, 0.717) is 16.7 Å². The molecular weight excluding hydrogens is 364 g/mol. The van der Waals surface area contributed by atoms with E-state index in [1.165, 1.54) is 63.4 Å². The Labute approximate surface area is 186 Å². The molecule has 0 aromatic heterocycles. The van der Waals surface area contributed by atoms with Gasteiger partial charge in [-0.25, -0.2) is 0 Å². The van der Waals surface area contributed by atoms with Gasteiger partial charge in [-0.05, 0) is 118 Å². The number of aliphatic hydroxyl groups is 1. The molecule has 0 bridgehead atoms. The lowest BCUT2D eigenvalue weighted by Crippen LogP contribution is -2.49. The van der Waals surface area contributed by atoms with Crippen LogP contribution in [0.4, 0.5) is 0 Å². The molecule has 0 aromatic carbocycles. The average Bonchev–Trinajstić information content (AvgIpc) is 3.05. The number of allylic oxidation sites excluding steroid dienone is 4. The van der Waals surface area contributed by atoms with Crippen LogP contribution in [0.3, 0.4) is 0 Å². The largest absolute Gasteiger partial charge is 0.393 e. The number of fused-ring (bicyclic) bond motifs is 4. The molecular formula is C29H48O. The van der Waals surface area contributed by atoms with Gasteiger partial charge in [0.15, 0.2) is 0 Å². The van der Waals surface area contributed by atoms with Crippen molar-refractivity contribution < 1.29 is 5.11 Å². The second-order valence-corrected chi connectivity index (χ2v) is 12.3. The van der Waals surface area contributed by atoms with Crippen LogP contribution in [0.5, 0.6) is 0 Å². The van der Waals surface area contributed by atoms with Gasteiger partial charge in [-0.15, -0.1) is 0 Å². The third kappa shape index (κ3) is 3.56. The normalized spacial score (nSPS) is 44.2. The van der Waals surface area contributed by atoms with E-state index in [0.717, 1.165) is 36.5 Å². The molecule has 2 saturated carbocycles. The topological polar surface area (TPSA) is 20.2 Å². The van der Waals surface area contributed by atoms with Crippen LogP contribution >= 0.6 is 0 Å². The molecule has 0 radical (unpaired) electrons. The molecule has 4 aliphatic rings. The number of hydrogen-bond acceptors (Lipinski definition) is 1. The molecule has 0 aliphatic heterocycles. The Morgan fingerprint density at radius 2 is 1.87 bits per heavy atom. The maximum Gasteiger partial charge on any atom is 0.0571 e. The zero-order valence-corrected chi connectivity index (χ0v) is 20.8. The van der Waals surface area contributed by atoms with Crippen molar-refractivity contribution >= 4 is 0 Å². The fourth-order valence-electron chi connectivity index (χ4n) is 9.07. The second-order valence-electron chi connectivity index (χ2n) is 12.3. The Hall–Kier alpha value is -0.560. The predicted octanol–water partition coefficient (Wildman–Crippen LogP) is 8.09. The highest BCUT2D eigenvalue weighted by Gasteiger charge is 2.57. The molecule has 170 valence electrons. The summed E-state index contributed by atoms with van der Waals surface area (Å²) in [5.74, 6) is 3.84. The highest BCUT2D eigenvalue weighted by Crippen LogP contribution is 2.66. The van der Waals surface area contributed by atoms with Gasteiger partial charge in [0.05, 0.1) is 6.10 Å². The maximum atomic E-state index is 10.7. The second kappa shape index (κ2) is 8.42. The molecule has 1 heteroatoms. The first-order valence-corrected chi connectivity index (χ1v) is 13.3.